The van der Waals surface area contributed by atoms with Crippen LogP contribution in [0.4, 0.5) is 0 Å². The van der Waals surface area contributed by atoms with Crippen LogP contribution in [-0.4, -0.2) is 47.6 Å². The Morgan fingerprint density at radius 3 is 2.54 bits per heavy atom. The van der Waals surface area contributed by atoms with E-state index >= 15 is 0 Å². The van der Waals surface area contributed by atoms with E-state index in [0.29, 0.717) is 37.2 Å². The molecule has 2 aliphatic rings. The number of benzene rings is 1. The van der Waals surface area contributed by atoms with Crippen LogP contribution in [0.3, 0.4) is 0 Å². The van der Waals surface area contributed by atoms with Crippen molar-refractivity contribution >= 4 is 23.4 Å². The molecule has 0 atom stereocenters. The van der Waals surface area contributed by atoms with E-state index in [2.05, 4.69) is 5.32 Å². The molecule has 1 heterocycles. The zero-order valence-corrected chi connectivity index (χ0v) is 12.9. The van der Waals surface area contributed by atoms with Gasteiger partial charge in [-0.3, -0.25) is 14.4 Å². The zero-order chi connectivity index (χ0) is 17.3. The predicted molar refractivity (Wildman–Crippen MR) is 83.4 cm³/mol. The molecule has 1 aromatic rings. The number of aliphatic hydroxyl groups excluding tert-OH is 1. The molecule has 0 bridgehead atoms. The molecular weight excluding hydrogens is 314 g/mol. The first-order valence-electron chi connectivity index (χ1n) is 7.63. The average Bonchev–Trinajstić information content (AvgIpc) is 2.59. The Balaban J connectivity index is 2.10. The van der Waals surface area contributed by atoms with Gasteiger partial charge in [0.25, 0.3) is 5.91 Å². The molecule has 24 heavy (non-hydrogen) atoms. The van der Waals surface area contributed by atoms with Crippen LogP contribution >= 0.6 is 0 Å². The van der Waals surface area contributed by atoms with Crippen molar-refractivity contribution in [2.75, 3.05) is 19.8 Å². The van der Waals surface area contributed by atoms with Crippen LogP contribution in [0.1, 0.15) is 24.0 Å². The second-order valence-corrected chi connectivity index (χ2v) is 5.87. The van der Waals surface area contributed by atoms with Gasteiger partial charge in [0.2, 0.25) is 0 Å². The molecule has 1 fully saturated rings. The molecule has 7 heteroatoms. The van der Waals surface area contributed by atoms with Crippen LogP contribution in [0.25, 0.3) is 5.76 Å². The topological polar surface area (TPSA) is 113 Å². The molecule has 1 saturated heterocycles. The minimum Gasteiger partial charge on any atom is -0.506 e. The molecule has 1 amide bonds. The molecular formula is C17H17NO6. The lowest BCUT2D eigenvalue weighted by molar-refractivity contribution is -0.138. The lowest BCUT2D eigenvalue weighted by Gasteiger charge is -2.40. The van der Waals surface area contributed by atoms with E-state index < -0.39 is 35.4 Å². The van der Waals surface area contributed by atoms with E-state index in [1.165, 1.54) is 0 Å². The number of carboxylic acid groups (broad SMARTS) is 1. The molecule has 1 spiro atoms. The minimum atomic E-state index is -1.23. The first-order valence-corrected chi connectivity index (χ1v) is 7.63. The number of carboxylic acids is 1. The van der Waals surface area contributed by atoms with Crippen molar-refractivity contribution in [3.63, 3.8) is 0 Å². The molecule has 7 nitrogen and oxygen atoms in total. The number of aliphatic hydroxyl groups is 1. The van der Waals surface area contributed by atoms with Crippen molar-refractivity contribution in [2.24, 2.45) is 0 Å². The molecule has 126 valence electrons. The van der Waals surface area contributed by atoms with Gasteiger partial charge in [-0.1, -0.05) is 24.3 Å². The average molecular weight is 331 g/mol. The molecule has 0 radical (unpaired) electrons. The highest BCUT2D eigenvalue weighted by Gasteiger charge is 2.49. The van der Waals surface area contributed by atoms with Crippen molar-refractivity contribution in [2.45, 2.75) is 18.3 Å². The largest absolute Gasteiger partial charge is 0.506 e. The SMILES string of the molecule is O=C(O)CNC(=O)C1=C(O)c2ccccc2C2(CCOCC2)C1=O. The Labute approximate surface area is 137 Å². The summed E-state index contributed by atoms with van der Waals surface area (Å²) in [6.07, 6.45) is 0.817. The van der Waals surface area contributed by atoms with E-state index in [1.807, 2.05) is 0 Å². The van der Waals surface area contributed by atoms with Gasteiger partial charge >= 0.3 is 5.97 Å². The second kappa shape index (κ2) is 6.09. The Kier molecular flexibility index (Phi) is 4.11. The summed E-state index contributed by atoms with van der Waals surface area (Å²) in [6, 6.07) is 6.93. The van der Waals surface area contributed by atoms with Crippen LogP contribution in [0.2, 0.25) is 0 Å². The standard InChI is InChI=1S/C17H17NO6/c19-12(20)9-18-16(23)13-14(21)10-3-1-2-4-11(10)17(15(13)22)5-7-24-8-6-17/h1-4,21H,5-9H2,(H,18,23)(H,19,20). The summed E-state index contributed by atoms with van der Waals surface area (Å²) in [5.41, 5.74) is -0.182. The minimum absolute atomic E-state index is 0.378. The maximum Gasteiger partial charge on any atom is 0.322 e. The van der Waals surface area contributed by atoms with E-state index in [1.54, 1.807) is 24.3 Å². The highest BCUT2D eigenvalue weighted by molar-refractivity contribution is 6.28. The molecule has 1 aromatic carbocycles. The van der Waals surface area contributed by atoms with Gasteiger partial charge in [-0.2, -0.15) is 0 Å². The van der Waals surface area contributed by atoms with Crippen LogP contribution in [0.15, 0.2) is 29.8 Å². The fourth-order valence-electron chi connectivity index (χ4n) is 3.38. The molecule has 1 aliphatic carbocycles. The highest BCUT2D eigenvalue weighted by Crippen LogP contribution is 2.45. The van der Waals surface area contributed by atoms with Gasteiger partial charge in [0, 0.05) is 18.8 Å². The molecule has 0 unspecified atom stereocenters. The van der Waals surface area contributed by atoms with Crippen LogP contribution in [-0.2, 0) is 24.5 Å². The van der Waals surface area contributed by atoms with Gasteiger partial charge < -0.3 is 20.3 Å². The Bertz CT molecular complexity index is 745. The maximum atomic E-state index is 13.1. The van der Waals surface area contributed by atoms with Gasteiger partial charge in [-0.15, -0.1) is 0 Å². The number of ether oxygens (including phenoxy) is 1. The lowest BCUT2D eigenvalue weighted by atomic mass is 9.64. The van der Waals surface area contributed by atoms with E-state index in [4.69, 9.17) is 9.84 Å². The summed E-state index contributed by atoms with van der Waals surface area (Å²) in [7, 11) is 0. The number of hydrogen-bond acceptors (Lipinski definition) is 5. The van der Waals surface area contributed by atoms with Gasteiger partial charge in [-0.25, -0.2) is 0 Å². The van der Waals surface area contributed by atoms with Gasteiger partial charge in [0.1, 0.15) is 17.9 Å². The van der Waals surface area contributed by atoms with Crippen LogP contribution < -0.4 is 5.32 Å². The van der Waals surface area contributed by atoms with Gasteiger partial charge in [0.15, 0.2) is 5.78 Å². The van der Waals surface area contributed by atoms with E-state index in [9.17, 15) is 19.5 Å². The number of aliphatic carboxylic acids is 1. The summed E-state index contributed by atoms with van der Waals surface area (Å²) in [6.45, 7) is 0.135. The number of Topliss-reactive ketones (excluding diaryl/α,β-unsaturated/α-hetero) is 1. The summed E-state index contributed by atoms with van der Waals surface area (Å²) >= 11 is 0. The van der Waals surface area contributed by atoms with Crippen LogP contribution in [0, 0.1) is 0 Å². The number of ketones is 1. The number of hydrogen-bond donors (Lipinski definition) is 3. The fourth-order valence-corrected chi connectivity index (χ4v) is 3.38. The first kappa shape index (κ1) is 16.2. The molecule has 3 rings (SSSR count). The summed E-state index contributed by atoms with van der Waals surface area (Å²) < 4.78 is 5.35. The van der Waals surface area contributed by atoms with Crippen molar-refractivity contribution < 1.29 is 29.3 Å². The van der Waals surface area contributed by atoms with Crippen LogP contribution in [0.5, 0.6) is 0 Å². The third kappa shape index (κ3) is 2.46. The fraction of sp³-hybridized carbons (Fsp3) is 0.353. The number of carbonyl (C=O) groups excluding carboxylic acids is 2. The summed E-state index contributed by atoms with van der Waals surface area (Å²) in [5, 5.41) is 21.3. The smallest absolute Gasteiger partial charge is 0.322 e. The van der Waals surface area contributed by atoms with Crippen molar-refractivity contribution in [3.05, 3.63) is 41.0 Å². The predicted octanol–water partition coefficient (Wildman–Crippen LogP) is 0.787. The van der Waals surface area contributed by atoms with Crippen molar-refractivity contribution in [3.8, 4) is 0 Å². The molecule has 1 aliphatic heterocycles. The second-order valence-electron chi connectivity index (χ2n) is 5.87. The number of carbonyl (C=O) groups is 3. The summed E-state index contributed by atoms with van der Waals surface area (Å²) in [5.74, 6) is -2.99. The highest BCUT2D eigenvalue weighted by atomic mass is 16.5. The first-order chi connectivity index (χ1) is 11.5. The summed E-state index contributed by atoms with van der Waals surface area (Å²) in [4.78, 5) is 36.0. The maximum absolute atomic E-state index is 13.1. The Hall–Kier alpha value is -2.67. The van der Waals surface area contributed by atoms with E-state index in [0.717, 1.165) is 0 Å². The normalized spacial score (nSPS) is 19.1. The van der Waals surface area contributed by atoms with Crippen molar-refractivity contribution in [1.82, 2.24) is 5.32 Å². The Morgan fingerprint density at radius 1 is 1.21 bits per heavy atom. The van der Waals surface area contributed by atoms with Crippen molar-refractivity contribution in [1.29, 1.82) is 0 Å². The Morgan fingerprint density at radius 2 is 1.88 bits per heavy atom. The molecule has 0 aromatic heterocycles. The third-order valence-electron chi connectivity index (χ3n) is 4.57. The number of amides is 1. The zero-order valence-electron chi connectivity index (χ0n) is 12.9. The molecule has 3 N–H and O–H groups in total. The quantitative estimate of drug-likeness (QED) is 0.706. The van der Waals surface area contributed by atoms with Gasteiger partial charge in [0.05, 0.1) is 5.41 Å². The third-order valence-corrected chi connectivity index (χ3v) is 4.57. The lowest BCUT2D eigenvalue weighted by Crippen LogP contribution is -2.48. The van der Waals surface area contributed by atoms with Gasteiger partial charge in [-0.05, 0) is 18.4 Å². The monoisotopic (exact) mass is 331 g/mol. The number of fused-ring (bicyclic) bond motifs is 2. The number of nitrogens with one attached hydrogen (secondary N) is 1. The van der Waals surface area contributed by atoms with E-state index in [-0.39, 0.29) is 5.57 Å². The number of rotatable bonds is 3. The molecule has 0 saturated carbocycles.